The molecule has 0 bridgehead atoms. The van der Waals surface area contributed by atoms with Gasteiger partial charge in [-0.05, 0) is 48.9 Å². The van der Waals surface area contributed by atoms with Gasteiger partial charge in [0.25, 0.3) is 0 Å². The van der Waals surface area contributed by atoms with Gasteiger partial charge in [0.15, 0.2) is 0 Å². The molecular weight excluding hydrogens is 354 g/mol. The van der Waals surface area contributed by atoms with Gasteiger partial charge in [0.2, 0.25) is 16.0 Å². The molecule has 26 heavy (non-hydrogen) atoms. The summed E-state index contributed by atoms with van der Waals surface area (Å²) in [5.41, 5.74) is 1.58. The third kappa shape index (κ3) is 6.64. The van der Waals surface area contributed by atoms with Crippen LogP contribution in [0.15, 0.2) is 53.5 Å². The number of ether oxygens (including phenoxy) is 2. The summed E-state index contributed by atoms with van der Waals surface area (Å²) in [4.78, 5) is 4.34. The second-order valence-corrected chi connectivity index (χ2v) is 7.22. The Labute approximate surface area is 154 Å². The number of sulfonamides is 1. The van der Waals surface area contributed by atoms with Gasteiger partial charge in [0.1, 0.15) is 11.5 Å². The van der Waals surface area contributed by atoms with Gasteiger partial charge in [-0.1, -0.05) is 12.1 Å². The normalized spacial score (nSPS) is 11.7. The summed E-state index contributed by atoms with van der Waals surface area (Å²) in [6, 6.07) is 14.6. The van der Waals surface area contributed by atoms with Gasteiger partial charge in [-0.15, -0.1) is 0 Å². The van der Waals surface area contributed by atoms with E-state index in [9.17, 15) is 8.42 Å². The highest BCUT2D eigenvalue weighted by Gasteiger charge is 2.08. The van der Waals surface area contributed by atoms with Crippen molar-refractivity contribution in [2.75, 3.05) is 25.3 Å². The molecule has 8 heteroatoms. The monoisotopic (exact) mass is 377 g/mol. The minimum atomic E-state index is -3.47. The van der Waals surface area contributed by atoms with E-state index in [4.69, 9.17) is 9.47 Å². The van der Waals surface area contributed by atoms with E-state index in [2.05, 4.69) is 15.0 Å². The van der Waals surface area contributed by atoms with Crippen LogP contribution >= 0.6 is 0 Å². The van der Waals surface area contributed by atoms with Crippen molar-refractivity contribution in [2.24, 2.45) is 4.99 Å². The van der Waals surface area contributed by atoms with Crippen LogP contribution in [0.2, 0.25) is 0 Å². The third-order valence-corrected chi connectivity index (χ3v) is 3.83. The molecule has 0 radical (unpaired) electrons. The van der Waals surface area contributed by atoms with E-state index in [-0.39, 0.29) is 5.96 Å². The van der Waals surface area contributed by atoms with Crippen LogP contribution in [0, 0.1) is 0 Å². The highest BCUT2D eigenvalue weighted by Crippen LogP contribution is 2.16. The Morgan fingerprint density at radius 3 is 2.46 bits per heavy atom. The molecular formula is C18H23N3O4S. The third-order valence-electron chi connectivity index (χ3n) is 3.26. The van der Waals surface area contributed by atoms with Crippen molar-refractivity contribution < 1.29 is 17.9 Å². The Morgan fingerprint density at radius 1 is 1.12 bits per heavy atom. The molecule has 0 heterocycles. The standard InChI is InChI=1S/C18H23N3O4S/c1-4-25-16-10-8-15(9-11-16)20-18(21-26(3,22)23)19-13-14-6-5-7-17(12-14)24-2/h5-12H,4,13H2,1-3H3,(H2,19,20,21). The minimum Gasteiger partial charge on any atom is -0.497 e. The maximum atomic E-state index is 11.6. The van der Waals surface area contributed by atoms with Gasteiger partial charge in [0, 0.05) is 5.69 Å². The Balaban J connectivity index is 2.16. The maximum Gasteiger partial charge on any atom is 0.232 e. The molecule has 140 valence electrons. The predicted octanol–water partition coefficient (Wildman–Crippen LogP) is 2.61. The van der Waals surface area contributed by atoms with Crippen molar-refractivity contribution in [1.29, 1.82) is 0 Å². The number of anilines is 1. The largest absolute Gasteiger partial charge is 0.497 e. The first kappa shape index (κ1) is 19.6. The molecule has 2 N–H and O–H groups in total. The summed E-state index contributed by atoms with van der Waals surface area (Å²) in [7, 11) is -1.88. The van der Waals surface area contributed by atoms with Crippen molar-refractivity contribution >= 4 is 21.7 Å². The van der Waals surface area contributed by atoms with Gasteiger partial charge >= 0.3 is 0 Å². The first-order chi connectivity index (χ1) is 12.4. The van der Waals surface area contributed by atoms with Gasteiger partial charge in [0.05, 0.1) is 26.5 Å². The Morgan fingerprint density at radius 2 is 1.85 bits per heavy atom. The van der Waals surface area contributed by atoms with E-state index in [1.807, 2.05) is 31.2 Å². The SMILES string of the molecule is CCOc1ccc(NC(=NCc2cccc(OC)c2)NS(C)(=O)=O)cc1. The lowest BCUT2D eigenvalue weighted by Crippen LogP contribution is -2.35. The zero-order valence-corrected chi connectivity index (χ0v) is 15.8. The molecule has 2 rings (SSSR count). The van der Waals surface area contributed by atoms with Gasteiger partial charge in [-0.3, -0.25) is 4.72 Å². The van der Waals surface area contributed by atoms with Crippen molar-refractivity contribution in [3.63, 3.8) is 0 Å². The van der Waals surface area contributed by atoms with E-state index in [0.717, 1.165) is 23.3 Å². The molecule has 0 aliphatic heterocycles. The Kier molecular flexibility index (Phi) is 6.85. The number of nitrogens with zero attached hydrogens (tertiary/aromatic N) is 1. The Bertz CT molecular complexity index is 849. The first-order valence-corrected chi connectivity index (χ1v) is 9.94. The van der Waals surface area contributed by atoms with Crippen molar-refractivity contribution in [3.05, 3.63) is 54.1 Å². The smallest absolute Gasteiger partial charge is 0.232 e. The van der Waals surface area contributed by atoms with Crippen molar-refractivity contribution in [2.45, 2.75) is 13.5 Å². The van der Waals surface area contributed by atoms with Gasteiger partial charge < -0.3 is 14.8 Å². The number of methoxy groups -OCH3 is 1. The van der Waals surface area contributed by atoms with Gasteiger partial charge in [-0.25, -0.2) is 13.4 Å². The molecule has 0 aliphatic carbocycles. The molecule has 0 saturated heterocycles. The number of guanidine groups is 1. The Hall–Kier alpha value is -2.74. The number of benzene rings is 2. The van der Waals surface area contributed by atoms with Crippen LogP contribution in [0.5, 0.6) is 11.5 Å². The molecule has 2 aromatic rings. The van der Waals surface area contributed by atoms with Gasteiger partial charge in [-0.2, -0.15) is 0 Å². The lowest BCUT2D eigenvalue weighted by atomic mass is 10.2. The second kappa shape index (κ2) is 9.10. The average molecular weight is 377 g/mol. The quantitative estimate of drug-likeness (QED) is 0.572. The molecule has 0 spiro atoms. The summed E-state index contributed by atoms with van der Waals surface area (Å²) in [6.45, 7) is 2.78. The first-order valence-electron chi connectivity index (χ1n) is 8.04. The fourth-order valence-electron chi connectivity index (χ4n) is 2.15. The van der Waals surface area contributed by atoms with Crippen LogP contribution in [0.4, 0.5) is 5.69 Å². The lowest BCUT2D eigenvalue weighted by molar-refractivity contribution is 0.340. The van der Waals surface area contributed by atoms with Crippen LogP contribution in [0.1, 0.15) is 12.5 Å². The molecule has 0 fully saturated rings. The molecule has 0 aromatic heterocycles. The van der Waals surface area contributed by atoms with Crippen LogP contribution < -0.4 is 19.5 Å². The highest BCUT2D eigenvalue weighted by atomic mass is 32.2. The molecule has 0 unspecified atom stereocenters. The number of hydrogen-bond donors (Lipinski definition) is 2. The molecule has 0 atom stereocenters. The number of nitrogens with one attached hydrogen (secondary N) is 2. The van der Waals surface area contributed by atoms with E-state index in [1.165, 1.54) is 0 Å². The van der Waals surface area contributed by atoms with E-state index in [1.54, 1.807) is 31.4 Å². The molecule has 0 aliphatic rings. The second-order valence-electron chi connectivity index (χ2n) is 5.47. The van der Waals surface area contributed by atoms with Crippen LogP contribution in [-0.2, 0) is 16.6 Å². The fraction of sp³-hybridized carbons (Fsp3) is 0.278. The number of rotatable bonds is 7. The van der Waals surface area contributed by atoms with E-state index in [0.29, 0.717) is 18.8 Å². The van der Waals surface area contributed by atoms with Crippen molar-refractivity contribution in [3.8, 4) is 11.5 Å². The summed E-state index contributed by atoms with van der Waals surface area (Å²) in [5.74, 6) is 1.60. The van der Waals surface area contributed by atoms with Crippen LogP contribution in [-0.4, -0.2) is 34.3 Å². The van der Waals surface area contributed by atoms with Crippen LogP contribution in [0.3, 0.4) is 0 Å². The molecule has 0 amide bonds. The zero-order chi connectivity index (χ0) is 19.0. The number of hydrogen-bond acceptors (Lipinski definition) is 5. The van der Waals surface area contributed by atoms with E-state index >= 15 is 0 Å². The summed E-state index contributed by atoms with van der Waals surface area (Å²) in [6.07, 6.45) is 1.08. The molecule has 2 aromatic carbocycles. The zero-order valence-electron chi connectivity index (χ0n) is 15.0. The lowest BCUT2D eigenvalue weighted by Gasteiger charge is -2.12. The van der Waals surface area contributed by atoms with Crippen LogP contribution in [0.25, 0.3) is 0 Å². The molecule has 7 nitrogen and oxygen atoms in total. The maximum absolute atomic E-state index is 11.6. The van der Waals surface area contributed by atoms with E-state index < -0.39 is 10.0 Å². The number of aliphatic imine (C=N–C) groups is 1. The fourth-order valence-corrected chi connectivity index (χ4v) is 2.62. The topological polar surface area (TPSA) is 89.0 Å². The molecule has 0 saturated carbocycles. The summed E-state index contributed by atoms with van der Waals surface area (Å²) >= 11 is 0. The van der Waals surface area contributed by atoms with Crippen molar-refractivity contribution in [1.82, 2.24) is 4.72 Å². The predicted molar refractivity (Wildman–Crippen MR) is 103 cm³/mol. The summed E-state index contributed by atoms with van der Waals surface area (Å²) < 4.78 is 36.2. The minimum absolute atomic E-state index is 0.138. The average Bonchev–Trinajstić information content (AvgIpc) is 2.60. The highest BCUT2D eigenvalue weighted by molar-refractivity contribution is 7.89. The summed E-state index contributed by atoms with van der Waals surface area (Å²) in [5, 5.41) is 2.98.